The molecule has 0 spiro atoms. The van der Waals surface area contributed by atoms with Crippen LogP contribution < -0.4 is 15.2 Å². The second-order valence-corrected chi connectivity index (χ2v) is 7.40. The Morgan fingerprint density at radius 3 is 2.54 bits per heavy atom. The highest BCUT2D eigenvalue weighted by Gasteiger charge is 2.39. The molecule has 3 heterocycles. The van der Waals surface area contributed by atoms with Gasteiger partial charge in [-0.3, -0.25) is 14.5 Å². The average Bonchev–Trinajstić information content (AvgIpc) is 3.32. The minimum absolute atomic E-state index is 0.0767. The predicted octanol–water partition coefficient (Wildman–Crippen LogP) is 1.88. The zero-order chi connectivity index (χ0) is 26.1. The van der Waals surface area contributed by atoms with E-state index < -0.39 is 59.9 Å². The minimum Gasteiger partial charge on any atom is -0.480 e. The molecule has 0 aromatic carbocycles. The lowest BCUT2D eigenvalue weighted by atomic mass is 10.0. The van der Waals surface area contributed by atoms with Gasteiger partial charge in [0, 0.05) is 24.2 Å². The van der Waals surface area contributed by atoms with Gasteiger partial charge in [-0.15, -0.1) is 10.2 Å². The number of Topliss-reactive ketones (excluding diaryl/α,β-unsaturated/α-hetero) is 1. The molecule has 190 valence electrons. The molecule has 11 nitrogen and oxygen atoms in total. The molecule has 15 heteroatoms. The number of aliphatic hydroxyl groups is 1. The van der Waals surface area contributed by atoms with Crippen molar-refractivity contribution in [2.45, 2.75) is 52.6 Å². The van der Waals surface area contributed by atoms with Crippen LogP contribution in [0.25, 0.3) is 5.82 Å². The van der Waals surface area contributed by atoms with Crippen LogP contribution in [0.3, 0.4) is 0 Å². The summed E-state index contributed by atoms with van der Waals surface area (Å²) < 4.78 is 66.1. The van der Waals surface area contributed by atoms with Crippen LogP contribution in [-0.2, 0) is 19.6 Å². The maximum Gasteiger partial charge on any atom is 0.425 e. The van der Waals surface area contributed by atoms with Crippen LogP contribution in [0, 0.1) is 12.7 Å². The molecule has 0 unspecified atom stereocenters. The molecule has 0 bridgehead atoms. The summed E-state index contributed by atoms with van der Waals surface area (Å²) in [6.45, 7) is 3.27. The third kappa shape index (κ3) is 5.03. The molecule has 2 N–H and O–H groups in total. The number of methoxy groups -OCH3 is 1. The first-order valence-electron chi connectivity index (χ1n) is 10.3. The molecule has 0 fully saturated rings. The standard InChI is InChI=1S/C20H22F4N6O5/c1-5-29-15(8-31)28-30(19(29)33)16-13(21)6-12(17(25-16)35-10(3)20(22,23)24)14(32)7-11-9(2)26-27-18(11)34-4/h6,10,31H,5,7-8H2,1-4H3,(H,26,27)/t10-/m0/s1. The van der Waals surface area contributed by atoms with Gasteiger partial charge in [0.15, 0.2) is 29.3 Å². The number of nitrogens with zero attached hydrogens (tertiary/aromatic N) is 5. The monoisotopic (exact) mass is 502 g/mol. The van der Waals surface area contributed by atoms with E-state index in [1.807, 2.05) is 0 Å². The van der Waals surface area contributed by atoms with Gasteiger partial charge < -0.3 is 14.6 Å². The number of ketones is 1. The molecule has 3 aromatic heterocycles. The van der Waals surface area contributed by atoms with E-state index in [1.165, 1.54) is 7.11 Å². The van der Waals surface area contributed by atoms with Crippen LogP contribution in [0.15, 0.2) is 10.9 Å². The molecular formula is C20H22F4N6O5. The van der Waals surface area contributed by atoms with Crippen molar-refractivity contribution in [3.05, 3.63) is 45.0 Å². The van der Waals surface area contributed by atoms with E-state index in [0.29, 0.717) is 28.9 Å². The first kappa shape index (κ1) is 25.9. The normalized spacial score (nSPS) is 12.6. The van der Waals surface area contributed by atoms with Gasteiger partial charge in [-0.05, 0) is 26.8 Å². The van der Waals surface area contributed by atoms with Gasteiger partial charge >= 0.3 is 11.9 Å². The zero-order valence-corrected chi connectivity index (χ0v) is 19.1. The third-order valence-electron chi connectivity index (χ3n) is 5.14. The first-order valence-corrected chi connectivity index (χ1v) is 10.3. The summed E-state index contributed by atoms with van der Waals surface area (Å²) in [4.78, 5) is 29.3. The molecule has 3 aromatic rings. The van der Waals surface area contributed by atoms with E-state index >= 15 is 4.39 Å². The van der Waals surface area contributed by atoms with Crippen molar-refractivity contribution < 1.29 is 36.9 Å². The highest BCUT2D eigenvalue weighted by atomic mass is 19.4. The van der Waals surface area contributed by atoms with Crippen LogP contribution in [-0.4, -0.2) is 59.8 Å². The number of alkyl halides is 3. The highest BCUT2D eigenvalue weighted by Crippen LogP contribution is 2.29. The number of aliphatic hydroxyl groups excluding tert-OH is 1. The summed E-state index contributed by atoms with van der Waals surface area (Å²) in [5.41, 5.74) is -0.715. The minimum atomic E-state index is -4.83. The van der Waals surface area contributed by atoms with Crippen molar-refractivity contribution in [2.75, 3.05) is 7.11 Å². The molecule has 0 aliphatic heterocycles. The van der Waals surface area contributed by atoms with Crippen molar-refractivity contribution >= 4 is 5.78 Å². The highest BCUT2D eigenvalue weighted by molar-refractivity contribution is 6.00. The largest absolute Gasteiger partial charge is 0.480 e. The number of halogens is 4. The number of carbonyl (C=O) groups is 1. The maximum atomic E-state index is 15.1. The van der Waals surface area contributed by atoms with Crippen molar-refractivity contribution in [2.24, 2.45) is 0 Å². The van der Waals surface area contributed by atoms with E-state index in [4.69, 9.17) is 9.47 Å². The van der Waals surface area contributed by atoms with Gasteiger partial charge in [-0.2, -0.15) is 22.8 Å². The van der Waals surface area contributed by atoms with Crippen LogP contribution in [0.1, 0.15) is 41.3 Å². The van der Waals surface area contributed by atoms with E-state index in [9.17, 15) is 27.9 Å². The second kappa shape index (κ2) is 9.85. The topological polar surface area (TPSA) is 137 Å². The molecule has 0 amide bonds. The summed E-state index contributed by atoms with van der Waals surface area (Å²) in [5, 5.41) is 19.7. The van der Waals surface area contributed by atoms with Gasteiger partial charge in [-0.25, -0.2) is 9.18 Å². The average molecular weight is 502 g/mol. The van der Waals surface area contributed by atoms with Crippen LogP contribution in [0.5, 0.6) is 11.8 Å². The molecule has 1 atom stereocenters. The number of H-pyrrole nitrogens is 1. The molecule has 0 saturated heterocycles. The number of carbonyl (C=O) groups excluding carboxylic acids is 1. The number of ether oxygens (including phenoxy) is 2. The van der Waals surface area contributed by atoms with Gasteiger partial charge in [0.25, 0.3) is 0 Å². The van der Waals surface area contributed by atoms with E-state index in [2.05, 4.69) is 20.3 Å². The molecule has 0 aliphatic rings. The number of rotatable bonds is 9. The van der Waals surface area contributed by atoms with Crippen molar-refractivity contribution in [1.82, 2.24) is 29.5 Å². The Morgan fingerprint density at radius 2 is 2.00 bits per heavy atom. The lowest BCUT2D eigenvalue weighted by Crippen LogP contribution is -2.32. The zero-order valence-electron chi connectivity index (χ0n) is 19.1. The molecule has 35 heavy (non-hydrogen) atoms. The molecular weight excluding hydrogens is 480 g/mol. The number of hydrogen-bond acceptors (Lipinski definition) is 8. The van der Waals surface area contributed by atoms with Crippen molar-refractivity contribution in [3.63, 3.8) is 0 Å². The quantitative estimate of drug-likeness (QED) is 0.334. The van der Waals surface area contributed by atoms with Crippen LogP contribution in [0.2, 0.25) is 0 Å². The number of aromatic nitrogens is 6. The smallest absolute Gasteiger partial charge is 0.425 e. The van der Waals surface area contributed by atoms with Crippen molar-refractivity contribution in [1.29, 1.82) is 0 Å². The van der Waals surface area contributed by atoms with E-state index in [0.717, 1.165) is 4.57 Å². The number of aromatic amines is 1. The molecule has 0 saturated carbocycles. The van der Waals surface area contributed by atoms with E-state index in [1.54, 1.807) is 13.8 Å². The van der Waals surface area contributed by atoms with Gasteiger partial charge in [0.1, 0.15) is 6.61 Å². The van der Waals surface area contributed by atoms with Gasteiger partial charge in [0.2, 0.25) is 11.8 Å². The van der Waals surface area contributed by atoms with Crippen molar-refractivity contribution in [3.8, 4) is 17.6 Å². The fourth-order valence-corrected chi connectivity index (χ4v) is 3.21. The Labute approximate surface area is 195 Å². The number of nitrogens with one attached hydrogen (secondary N) is 1. The molecule has 0 radical (unpaired) electrons. The Bertz CT molecular complexity index is 1300. The summed E-state index contributed by atoms with van der Waals surface area (Å²) in [6.07, 6.45) is -7.66. The molecule has 0 aliphatic carbocycles. The first-order chi connectivity index (χ1) is 16.4. The Hall–Kier alpha value is -3.75. The second-order valence-electron chi connectivity index (χ2n) is 7.40. The summed E-state index contributed by atoms with van der Waals surface area (Å²) in [6, 6.07) is 0.626. The Kier molecular flexibility index (Phi) is 7.28. The van der Waals surface area contributed by atoms with Crippen LogP contribution in [0.4, 0.5) is 17.6 Å². The Morgan fingerprint density at radius 1 is 1.31 bits per heavy atom. The molecule has 3 rings (SSSR count). The van der Waals surface area contributed by atoms with Crippen LogP contribution >= 0.6 is 0 Å². The SMILES string of the molecule is CCn1c(CO)nn(-c2nc(O[C@@H](C)C(F)(F)F)c(C(=O)Cc3c(OC)n[nH]c3C)cc2F)c1=O. The predicted molar refractivity (Wildman–Crippen MR) is 111 cm³/mol. The maximum absolute atomic E-state index is 15.1. The fraction of sp³-hybridized carbons (Fsp3) is 0.450. The van der Waals surface area contributed by atoms with Gasteiger partial charge in [-0.1, -0.05) is 0 Å². The Balaban J connectivity index is 2.15. The summed E-state index contributed by atoms with van der Waals surface area (Å²) in [5.74, 6) is -3.73. The number of pyridine rings is 1. The fourth-order valence-electron chi connectivity index (χ4n) is 3.21. The lowest BCUT2D eigenvalue weighted by molar-refractivity contribution is -0.190. The summed E-state index contributed by atoms with van der Waals surface area (Å²) >= 11 is 0. The number of aryl methyl sites for hydroxylation is 1. The summed E-state index contributed by atoms with van der Waals surface area (Å²) in [7, 11) is 1.31. The van der Waals surface area contributed by atoms with E-state index in [-0.39, 0.29) is 18.2 Å². The number of hydrogen-bond donors (Lipinski definition) is 2. The third-order valence-corrected chi connectivity index (χ3v) is 5.14. The lowest BCUT2D eigenvalue weighted by Gasteiger charge is -2.19. The van der Waals surface area contributed by atoms with Gasteiger partial charge in [0.05, 0.1) is 12.7 Å².